The molecule has 0 aliphatic carbocycles. The highest BCUT2D eigenvalue weighted by molar-refractivity contribution is 7.99. The van der Waals surface area contributed by atoms with Crippen LogP contribution < -0.4 is 11.6 Å². The van der Waals surface area contributed by atoms with E-state index in [9.17, 15) is 9.18 Å². The molecule has 100 valence electrons. The lowest BCUT2D eigenvalue weighted by atomic mass is 10.2. The first-order chi connectivity index (χ1) is 9.08. The summed E-state index contributed by atoms with van der Waals surface area (Å²) in [6.45, 7) is 0. The van der Waals surface area contributed by atoms with Crippen molar-refractivity contribution in [2.24, 2.45) is 5.73 Å². The van der Waals surface area contributed by atoms with Gasteiger partial charge in [0.15, 0.2) is 5.82 Å². The number of nitrogens with two attached hydrogens (primary N) is 2. The van der Waals surface area contributed by atoms with Gasteiger partial charge in [0.05, 0.1) is 0 Å². The number of hydrogen-bond acceptors (Lipinski definition) is 5. The zero-order valence-electron chi connectivity index (χ0n) is 9.91. The van der Waals surface area contributed by atoms with Gasteiger partial charge in [0.25, 0.3) is 0 Å². The molecule has 0 unspecified atom stereocenters. The van der Waals surface area contributed by atoms with E-state index in [0.29, 0.717) is 22.3 Å². The molecule has 2 rings (SSSR count). The topological polar surface area (TPSA) is 99.8 Å². The molecule has 1 amide bonds. The molecular formula is C11H12FN5OS. The van der Waals surface area contributed by atoms with Crippen molar-refractivity contribution in [3.05, 3.63) is 30.1 Å². The molecule has 0 saturated heterocycles. The molecular weight excluding hydrogens is 269 g/mol. The summed E-state index contributed by atoms with van der Waals surface area (Å²) in [5.74, 6) is 6.05. The number of hydrogen-bond donors (Lipinski definition) is 2. The summed E-state index contributed by atoms with van der Waals surface area (Å²) in [5, 5.41) is 8.33. The van der Waals surface area contributed by atoms with Crippen LogP contribution in [0, 0.1) is 5.82 Å². The van der Waals surface area contributed by atoms with Crippen LogP contribution in [-0.4, -0.2) is 26.5 Å². The Morgan fingerprint density at radius 3 is 2.63 bits per heavy atom. The predicted octanol–water partition coefficient (Wildman–Crippen LogP) is 0.765. The average Bonchev–Trinajstić information content (AvgIpc) is 2.72. The number of rotatable bonds is 5. The average molecular weight is 281 g/mol. The van der Waals surface area contributed by atoms with Gasteiger partial charge in [-0.2, -0.15) is 0 Å². The maximum absolute atomic E-state index is 12.8. The maximum atomic E-state index is 12.8. The highest BCUT2D eigenvalue weighted by Crippen LogP contribution is 2.21. The standard InChI is InChI=1S/C11H12FN5OS/c12-8-3-1-7(2-4-8)10-15-16-11(17(10)14)19-6-5-9(13)18/h1-4H,5-6,14H2,(H2,13,18). The van der Waals surface area contributed by atoms with Gasteiger partial charge in [0, 0.05) is 17.7 Å². The monoisotopic (exact) mass is 281 g/mol. The van der Waals surface area contributed by atoms with Crippen LogP contribution in [0.5, 0.6) is 0 Å². The number of nitrogens with zero attached hydrogens (tertiary/aromatic N) is 3. The van der Waals surface area contributed by atoms with Gasteiger partial charge < -0.3 is 11.6 Å². The summed E-state index contributed by atoms with van der Waals surface area (Å²) in [4.78, 5) is 10.6. The van der Waals surface area contributed by atoms with Crippen LogP contribution in [0.15, 0.2) is 29.4 Å². The normalized spacial score (nSPS) is 10.6. The molecule has 0 aliphatic rings. The first kappa shape index (κ1) is 13.3. The van der Waals surface area contributed by atoms with Gasteiger partial charge in [0.2, 0.25) is 11.1 Å². The van der Waals surface area contributed by atoms with E-state index in [-0.39, 0.29) is 18.1 Å². The lowest BCUT2D eigenvalue weighted by molar-refractivity contribution is -0.117. The van der Waals surface area contributed by atoms with Gasteiger partial charge >= 0.3 is 0 Å². The Bertz CT molecular complexity index is 583. The molecule has 0 fully saturated rings. The van der Waals surface area contributed by atoms with Crippen LogP contribution in [0.25, 0.3) is 11.4 Å². The third-order valence-corrected chi connectivity index (χ3v) is 3.29. The lowest BCUT2D eigenvalue weighted by Crippen LogP contribution is -2.13. The second-order valence-electron chi connectivity index (χ2n) is 3.75. The fraction of sp³-hybridized carbons (Fsp3) is 0.182. The van der Waals surface area contributed by atoms with Crippen molar-refractivity contribution >= 4 is 17.7 Å². The molecule has 0 spiro atoms. The summed E-state index contributed by atoms with van der Waals surface area (Å²) in [5.41, 5.74) is 5.71. The Hall–Kier alpha value is -2.09. The molecule has 1 heterocycles. The van der Waals surface area contributed by atoms with Crippen molar-refractivity contribution in [1.29, 1.82) is 0 Å². The molecule has 0 radical (unpaired) electrons. The number of primary amides is 1. The fourth-order valence-electron chi connectivity index (χ4n) is 1.41. The third-order valence-electron chi connectivity index (χ3n) is 2.35. The minimum absolute atomic E-state index is 0.239. The highest BCUT2D eigenvalue weighted by Gasteiger charge is 2.12. The van der Waals surface area contributed by atoms with Gasteiger partial charge in [-0.05, 0) is 24.3 Å². The number of nitrogen functional groups attached to an aromatic ring is 1. The van der Waals surface area contributed by atoms with Crippen molar-refractivity contribution in [2.45, 2.75) is 11.6 Å². The van der Waals surface area contributed by atoms with Gasteiger partial charge in [-0.15, -0.1) is 10.2 Å². The Labute approximate surface area is 113 Å². The third kappa shape index (κ3) is 3.22. The van der Waals surface area contributed by atoms with E-state index >= 15 is 0 Å². The maximum Gasteiger partial charge on any atom is 0.218 e. The molecule has 4 N–H and O–H groups in total. The Morgan fingerprint density at radius 1 is 1.32 bits per heavy atom. The smallest absolute Gasteiger partial charge is 0.218 e. The highest BCUT2D eigenvalue weighted by atomic mass is 32.2. The summed E-state index contributed by atoms with van der Waals surface area (Å²) in [6, 6.07) is 5.79. The second-order valence-corrected chi connectivity index (χ2v) is 4.81. The molecule has 6 nitrogen and oxygen atoms in total. The van der Waals surface area contributed by atoms with Crippen molar-refractivity contribution in [3.63, 3.8) is 0 Å². The number of carbonyl (C=O) groups excluding carboxylic acids is 1. The number of halogens is 1. The van der Waals surface area contributed by atoms with Crippen LogP contribution in [0.3, 0.4) is 0 Å². The second kappa shape index (κ2) is 5.70. The van der Waals surface area contributed by atoms with Crippen LogP contribution in [-0.2, 0) is 4.79 Å². The van der Waals surface area contributed by atoms with Crippen LogP contribution in [0.1, 0.15) is 6.42 Å². The number of aromatic nitrogens is 3. The van der Waals surface area contributed by atoms with Crippen molar-refractivity contribution < 1.29 is 9.18 Å². The van der Waals surface area contributed by atoms with Gasteiger partial charge in [-0.25, -0.2) is 9.07 Å². The predicted molar refractivity (Wildman–Crippen MR) is 70.1 cm³/mol. The SMILES string of the molecule is NC(=O)CCSc1nnc(-c2ccc(F)cc2)n1N. The van der Waals surface area contributed by atoms with Gasteiger partial charge in [-0.3, -0.25) is 4.79 Å². The molecule has 2 aromatic rings. The molecule has 1 aromatic carbocycles. The zero-order chi connectivity index (χ0) is 13.8. The minimum Gasteiger partial charge on any atom is -0.370 e. The van der Waals surface area contributed by atoms with E-state index in [1.165, 1.54) is 28.6 Å². The molecule has 1 aromatic heterocycles. The Balaban J connectivity index is 2.13. The van der Waals surface area contributed by atoms with E-state index in [2.05, 4.69) is 10.2 Å². The van der Waals surface area contributed by atoms with Crippen molar-refractivity contribution in [1.82, 2.24) is 14.9 Å². The van der Waals surface area contributed by atoms with E-state index in [1.54, 1.807) is 12.1 Å². The molecule has 0 bridgehead atoms. The molecule has 0 aliphatic heterocycles. The Morgan fingerprint density at radius 2 is 2.00 bits per heavy atom. The van der Waals surface area contributed by atoms with Gasteiger partial charge in [0.1, 0.15) is 5.82 Å². The minimum atomic E-state index is -0.380. The molecule has 8 heteroatoms. The quantitative estimate of drug-likeness (QED) is 0.622. The zero-order valence-corrected chi connectivity index (χ0v) is 10.7. The van der Waals surface area contributed by atoms with E-state index in [1.807, 2.05) is 0 Å². The Kier molecular flexibility index (Phi) is 4.00. The van der Waals surface area contributed by atoms with Crippen LogP contribution >= 0.6 is 11.8 Å². The molecule has 0 atom stereocenters. The van der Waals surface area contributed by atoms with Crippen LogP contribution in [0.2, 0.25) is 0 Å². The van der Waals surface area contributed by atoms with E-state index in [4.69, 9.17) is 11.6 Å². The molecule has 0 saturated carbocycles. The first-order valence-corrected chi connectivity index (χ1v) is 6.44. The van der Waals surface area contributed by atoms with Crippen molar-refractivity contribution in [2.75, 3.05) is 11.6 Å². The number of amides is 1. The van der Waals surface area contributed by atoms with Crippen LogP contribution in [0.4, 0.5) is 4.39 Å². The van der Waals surface area contributed by atoms with Gasteiger partial charge in [-0.1, -0.05) is 11.8 Å². The summed E-state index contributed by atoms with van der Waals surface area (Å²) in [7, 11) is 0. The van der Waals surface area contributed by atoms with Crippen molar-refractivity contribution in [3.8, 4) is 11.4 Å². The summed E-state index contributed by atoms with van der Waals surface area (Å²) >= 11 is 1.28. The largest absolute Gasteiger partial charge is 0.370 e. The fourth-order valence-corrected chi connectivity index (χ4v) is 2.22. The van der Waals surface area contributed by atoms with E-state index in [0.717, 1.165) is 0 Å². The summed E-state index contributed by atoms with van der Waals surface area (Å²) < 4.78 is 14.1. The first-order valence-electron chi connectivity index (χ1n) is 5.45. The van der Waals surface area contributed by atoms with E-state index < -0.39 is 0 Å². The number of benzene rings is 1. The summed E-state index contributed by atoms with van der Waals surface area (Å²) in [6.07, 6.45) is 0.239. The lowest BCUT2D eigenvalue weighted by Gasteiger charge is -2.03. The number of thioether (sulfide) groups is 1. The molecule has 19 heavy (non-hydrogen) atoms. The number of carbonyl (C=O) groups is 1.